The first-order valence-electron chi connectivity index (χ1n) is 5.52. The summed E-state index contributed by atoms with van der Waals surface area (Å²) in [5.41, 5.74) is 0. The van der Waals surface area contributed by atoms with Gasteiger partial charge in [0, 0.05) is 14.1 Å². The summed E-state index contributed by atoms with van der Waals surface area (Å²) in [5, 5.41) is 2.90. The van der Waals surface area contributed by atoms with E-state index in [2.05, 4.69) is 43.7 Å². The molecule has 1 aliphatic rings. The maximum atomic E-state index is 11.5. The maximum absolute atomic E-state index is 11.5. The van der Waals surface area contributed by atoms with Crippen LogP contribution in [0.15, 0.2) is 24.8 Å². The van der Waals surface area contributed by atoms with Gasteiger partial charge in [-0.1, -0.05) is 37.9 Å². The highest BCUT2D eigenvalue weighted by Crippen LogP contribution is 2.18. The summed E-state index contributed by atoms with van der Waals surface area (Å²) in [6.45, 7) is 10.7. The zero-order valence-electron chi connectivity index (χ0n) is 9.92. The smallest absolute Gasteiger partial charge is 0.227 e. The fourth-order valence-electron chi connectivity index (χ4n) is 1.64. The molecule has 15 heavy (non-hydrogen) atoms. The Morgan fingerprint density at radius 3 is 2.67 bits per heavy atom. The van der Waals surface area contributed by atoms with Crippen LogP contribution in [0.25, 0.3) is 0 Å². The van der Waals surface area contributed by atoms with Crippen LogP contribution in [-0.4, -0.2) is 20.0 Å². The van der Waals surface area contributed by atoms with Gasteiger partial charge in [0.15, 0.2) is 0 Å². The van der Waals surface area contributed by atoms with Crippen molar-refractivity contribution < 1.29 is 4.79 Å². The number of carbonyl (C=O) groups excluding carboxylic acids is 1. The summed E-state index contributed by atoms with van der Waals surface area (Å²) in [5.74, 6) is 0.205. The molecule has 0 spiro atoms. The molecule has 0 aliphatic carbocycles. The summed E-state index contributed by atoms with van der Waals surface area (Å²) < 4.78 is 0. The van der Waals surface area contributed by atoms with Crippen LogP contribution in [0.5, 0.6) is 0 Å². The Labute approximate surface area is 93.5 Å². The normalized spacial score (nSPS) is 27.0. The van der Waals surface area contributed by atoms with Gasteiger partial charge in [-0.05, 0) is 12.5 Å². The summed E-state index contributed by atoms with van der Waals surface area (Å²) in [6, 6.07) is 1.31. The summed E-state index contributed by atoms with van der Waals surface area (Å²) in [4.78, 5) is 11.5. The van der Waals surface area contributed by atoms with E-state index in [1.807, 2.05) is 6.08 Å². The van der Waals surface area contributed by atoms with Crippen molar-refractivity contribution in [3.05, 3.63) is 24.8 Å². The van der Waals surface area contributed by atoms with Crippen molar-refractivity contribution in [3.63, 3.8) is 0 Å². The number of nitrogens with one attached hydrogen (secondary N) is 1. The van der Waals surface area contributed by atoms with Crippen LogP contribution >= 0.6 is 0 Å². The minimum absolute atomic E-state index is 0.0596. The van der Waals surface area contributed by atoms with E-state index in [0.717, 1.165) is 12.5 Å². The molecule has 3 heteroatoms. The van der Waals surface area contributed by atoms with E-state index < -0.39 is 8.07 Å². The van der Waals surface area contributed by atoms with Gasteiger partial charge in [0.2, 0.25) is 5.91 Å². The molecule has 1 heterocycles. The molecule has 0 radical (unpaired) electrons. The van der Waals surface area contributed by atoms with Gasteiger partial charge in [-0.3, -0.25) is 4.79 Å². The van der Waals surface area contributed by atoms with Crippen molar-refractivity contribution in [2.75, 3.05) is 0 Å². The van der Waals surface area contributed by atoms with Gasteiger partial charge in [-0.2, -0.15) is 0 Å². The van der Waals surface area contributed by atoms with E-state index in [4.69, 9.17) is 0 Å². The predicted octanol–water partition coefficient (Wildman–Crippen LogP) is 2.57. The van der Waals surface area contributed by atoms with Gasteiger partial charge in [0.1, 0.15) is 0 Å². The third-order valence-corrected chi connectivity index (χ3v) is 4.02. The van der Waals surface area contributed by atoms with Gasteiger partial charge < -0.3 is 5.32 Å². The lowest BCUT2D eigenvalue weighted by atomic mass is 10.0. The van der Waals surface area contributed by atoms with E-state index in [9.17, 15) is 4.79 Å². The molecule has 0 aromatic heterocycles. The zero-order chi connectivity index (χ0) is 11.5. The molecule has 1 rings (SSSR count). The first-order chi connectivity index (χ1) is 6.92. The van der Waals surface area contributed by atoms with Crippen LogP contribution in [0.4, 0.5) is 0 Å². The molecule has 0 aromatic carbocycles. The Bertz CT molecular complexity index is 278. The quantitative estimate of drug-likeness (QED) is 0.576. The lowest BCUT2D eigenvalue weighted by Crippen LogP contribution is -2.24. The second-order valence-electron chi connectivity index (χ2n) is 5.39. The van der Waals surface area contributed by atoms with Crippen molar-refractivity contribution in [2.45, 2.75) is 38.1 Å². The van der Waals surface area contributed by atoms with Crippen LogP contribution in [0.2, 0.25) is 25.7 Å². The topological polar surface area (TPSA) is 29.1 Å². The molecular weight excluding hydrogens is 202 g/mol. The average molecular weight is 223 g/mol. The van der Waals surface area contributed by atoms with Gasteiger partial charge in [0.25, 0.3) is 0 Å². The van der Waals surface area contributed by atoms with Crippen molar-refractivity contribution in [1.82, 2.24) is 5.32 Å². The molecule has 2 nitrogen and oxygen atoms in total. The number of rotatable bonds is 4. The SMILES string of the molecule is C=CC1CC(C=CC[Si](C)(C)C)C(=O)N1. The summed E-state index contributed by atoms with van der Waals surface area (Å²) in [6.07, 6.45) is 6.92. The Kier molecular flexibility index (Phi) is 3.91. The number of hydrogen-bond donors (Lipinski definition) is 1. The minimum Gasteiger partial charge on any atom is -0.349 e. The molecular formula is C12H21NOSi. The molecule has 0 saturated carbocycles. The fourth-order valence-corrected chi connectivity index (χ4v) is 2.48. The molecule has 0 bridgehead atoms. The number of carbonyl (C=O) groups is 1. The number of allylic oxidation sites excluding steroid dienone is 1. The van der Waals surface area contributed by atoms with Crippen molar-refractivity contribution in [3.8, 4) is 0 Å². The molecule has 1 fully saturated rings. The van der Waals surface area contributed by atoms with Gasteiger partial charge in [0.05, 0.1) is 5.92 Å². The Morgan fingerprint density at radius 2 is 2.20 bits per heavy atom. The molecule has 1 saturated heterocycles. The van der Waals surface area contributed by atoms with Crippen LogP contribution in [0.3, 0.4) is 0 Å². The molecule has 1 amide bonds. The van der Waals surface area contributed by atoms with Crippen LogP contribution in [-0.2, 0) is 4.79 Å². The summed E-state index contributed by atoms with van der Waals surface area (Å²) in [7, 11) is -1.02. The van der Waals surface area contributed by atoms with Crippen LogP contribution in [0.1, 0.15) is 6.42 Å². The van der Waals surface area contributed by atoms with Crippen LogP contribution < -0.4 is 5.32 Å². The highest BCUT2D eigenvalue weighted by Gasteiger charge is 2.27. The second kappa shape index (κ2) is 4.79. The Balaban J connectivity index is 2.46. The van der Waals surface area contributed by atoms with Gasteiger partial charge in [-0.25, -0.2) is 0 Å². The standard InChI is InChI=1S/C12H21NOSi/c1-5-11-9-10(12(14)13-11)7-6-8-15(2,3)4/h5-7,10-11H,1,8-9H2,2-4H3,(H,13,14). The molecule has 1 aliphatic heterocycles. The van der Waals surface area contributed by atoms with Crippen molar-refractivity contribution in [2.24, 2.45) is 5.92 Å². The van der Waals surface area contributed by atoms with Crippen molar-refractivity contribution in [1.29, 1.82) is 0 Å². The first-order valence-corrected chi connectivity index (χ1v) is 9.23. The fraction of sp³-hybridized carbons (Fsp3) is 0.583. The first kappa shape index (κ1) is 12.2. The molecule has 2 unspecified atom stereocenters. The summed E-state index contributed by atoms with van der Waals surface area (Å²) >= 11 is 0. The Morgan fingerprint density at radius 1 is 1.53 bits per heavy atom. The van der Waals surface area contributed by atoms with Gasteiger partial charge >= 0.3 is 0 Å². The molecule has 0 aromatic rings. The number of hydrogen-bond acceptors (Lipinski definition) is 1. The highest BCUT2D eigenvalue weighted by atomic mass is 28.3. The van der Waals surface area contributed by atoms with E-state index in [-0.39, 0.29) is 17.9 Å². The third kappa shape index (κ3) is 4.04. The highest BCUT2D eigenvalue weighted by molar-refractivity contribution is 6.76. The van der Waals surface area contributed by atoms with E-state index >= 15 is 0 Å². The zero-order valence-corrected chi connectivity index (χ0v) is 10.9. The maximum Gasteiger partial charge on any atom is 0.227 e. The molecule has 84 valence electrons. The third-order valence-electron chi connectivity index (χ3n) is 2.56. The van der Waals surface area contributed by atoms with Gasteiger partial charge in [-0.15, -0.1) is 6.58 Å². The minimum atomic E-state index is -1.02. The lowest BCUT2D eigenvalue weighted by molar-refractivity contribution is -0.121. The monoisotopic (exact) mass is 223 g/mol. The van der Waals surface area contributed by atoms with Crippen LogP contribution in [0, 0.1) is 5.92 Å². The Hall–Kier alpha value is -0.833. The predicted molar refractivity (Wildman–Crippen MR) is 67.5 cm³/mol. The van der Waals surface area contributed by atoms with E-state index in [1.54, 1.807) is 0 Å². The lowest BCUT2D eigenvalue weighted by Gasteiger charge is -2.11. The molecule has 1 N–H and O–H groups in total. The second-order valence-corrected chi connectivity index (χ2v) is 10.9. The number of amides is 1. The van der Waals surface area contributed by atoms with E-state index in [1.165, 1.54) is 0 Å². The largest absolute Gasteiger partial charge is 0.349 e. The molecule has 2 atom stereocenters. The van der Waals surface area contributed by atoms with E-state index in [0.29, 0.717) is 0 Å². The van der Waals surface area contributed by atoms with Crippen molar-refractivity contribution >= 4 is 14.0 Å². The average Bonchev–Trinajstić information content (AvgIpc) is 2.45.